The molecule has 2 rings (SSSR count). The van der Waals surface area contributed by atoms with E-state index < -0.39 is 0 Å². The van der Waals surface area contributed by atoms with Gasteiger partial charge in [-0.05, 0) is 54.8 Å². The fourth-order valence-corrected chi connectivity index (χ4v) is 2.34. The SMILES string of the molecule is CCCCOc1ccc(CNC(=O)c2ccc(F)c(C)c2)cc1OC. The van der Waals surface area contributed by atoms with E-state index in [-0.39, 0.29) is 11.7 Å². The van der Waals surface area contributed by atoms with Gasteiger partial charge < -0.3 is 14.8 Å². The highest BCUT2D eigenvalue weighted by Crippen LogP contribution is 2.28. The number of carbonyl (C=O) groups is 1. The Bertz CT molecular complexity index is 731. The maximum atomic E-state index is 13.3. The molecule has 0 aromatic heterocycles. The van der Waals surface area contributed by atoms with Gasteiger partial charge in [-0.15, -0.1) is 0 Å². The third-order valence-electron chi connectivity index (χ3n) is 3.86. The highest BCUT2D eigenvalue weighted by atomic mass is 19.1. The number of nitrogens with one attached hydrogen (secondary N) is 1. The highest BCUT2D eigenvalue weighted by Gasteiger charge is 2.09. The lowest BCUT2D eigenvalue weighted by molar-refractivity contribution is 0.0950. The zero-order valence-electron chi connectivity index (χ0n) is 14.9. The first-order valence-corrected chi connectivity index (χ1v) is 8.39. The molecule has 4 nitrogen and oxygen atoms in total. The molecule has 0 aliphatic heterocycles. The highest BCUT2D eigenvalue weighted by molar-refractivity contribution is 5.94. The van der Waals surface area contributed by atoms with Crippen molar-refractivity contribution in [2.24, 2.45) is 0 Å². The third kappa shape index (κ3) is 5.21. The molecule has 5 heteroatoms. The van der Waals surface area contributed by atoms with Crippen molar-refractivity contribution < 1.29 is 18.7 Å². The Morgan fingerprint density at radius 1 is 1.16 bits per heavy atom. The summed E-state index contributed by atoms with van der Waals surface area (Å²) in [6.45, 7) is 4.73. The minimum Gasteiger partial charge on any atom is -0.493 e. The van der Waals surface area contributed by atoms with Crippen LogP contribution in [0.25, 0.3) is 0 Å². The molecular formula is C20H24FNO3. The van der Waals surface area contributed by atoms with E-state index >= 15 is 0 Å². The number of carbonyl (C=O) groups excluding carboxylic acids is 1. The molecule has 0 bridgehead atoms. The van der Waals surface area contributed by atoms with Crippen LogP contribution in [0, 0.1) is 12.7 Å². The Morgan fingerprint density at radius 2 is 1.96 bits per heavy atom. The van der Waals surface area contributed by atoms with E-state index in [1.165, 1.54) is 18.2 Å². The quantitative estimate of drug-likeness (QED) is 0.728. The van der Waals surface area contributed by atoms with Crippen molar-refractivity contribution in [3.63, 3.8) is 0 Å². The Hall–Kier alpha value is -2.56. The molecule has 0 radical (unpaired) electrons. The lowest BCUT2D eigenvalue weighted by Crippen LogP contribution is -2.23. The number of unbranched alkanes of at least 4 members (excludes halogenated alkanes) is 1. The zero-order chi connectivity index (χ0) is 18.2. The molecule has 1 amide bonds. The summed E-state index contributed by atoms with van der Waals surface area (Å²) in [6.07, 6.45) is 2.05. The smallest absolute Gasteiger partial charge is 0.251 e. The van der Waals surface area contributed by atoms with E-state index in [0.29, 0.717) is 35.8 Å². The van der Waals surface area contributed by atoms with Crippen LogP contribution in [0.15, 0.2) is 36.4 Å². The second-order valence-corrected chi connectivity index (χ2v) is 5.83. The monoisotopic (exact) mass is 345 g/mol. The molecule has 134 valence electrons. The van der Waals surface area contributed by atoms with E-state index in [0.717, 1.165) is 18.4 Å². The van der Waals surface area contributed by atoms with Crippen LogP contribution in [0.4, 0.5) is 4.39 Å². The Labute approximate surface area is 148 Å². The van der Waals surface area contributed by atoms with E-state index in [4.69, 9.17) is 9.47 Å². The number of aryl methyl sites for hydroxylation is 1. The predicted molar refractivity (Wildman–Crippen MR) is 95.7 cm³/mol. The number of hydrogen-bond donors (Lipinski definition) is 1. The van der Waals surface area contributed by atoms with Crippen LogP contribution in [-0.4, -0.2) is 19.6 Å². The van der Waals surface area contributed by atoms with E-state index in [2.05, 4.69) is 12.2 Å². The molecule has 2 aromatic rings. The van der Waals surface area contributed by atoms with Crippen molar-refractivity contribution in [3.8, 4) is 11.5 Å². The van der Waals surface area contributed by atoms with Gasteiger partial charge in [0.2, 0.25) is 0 Å². The van der Waals surface area contributed by atoms with Gasteiger partial charge in [0.05, 0.1) is 13.7 Å². The van der Waals surface area contributed by atoms with Crippen LogP contribution >= 0.6 is 0 Å². The summed E-state index contributed by atoms with van der Waals surface area (Å²) in [5, 5.41) is 2.83. The minimum absolute atomic E-state index is 0.245. The average molecular weight is 345 g/mol. The summed E-state index contributed by atoms with van der Waals surface area (Å²) in [5.41, 5.74) is 1.78. The first-order valence-electron chi connectivity index (χ1n) is 8.39. The van der Waals surface area contributed by atoms with Gasteiger partial charge >= 0.3 is 0 Å². The van der Waals surface area contributed by atoms with Crippen molar-refractivity contribution in [3.05, 3.63) is 58.9 Å². The summed E-state index contributed by atoms with van der Waals surface area (Å²) in [4.78, 5) is 12.2. The van der Waals surface area contributed by atoms with Crippen molar-refractivity contribution in [2.75, 3.05) is 13.7 Å². The molecule has 1 N–H and O–H groups in total. The summed E-state index contributed by atoms with van der Waals surface area (Å²) in [5.74, 6) is 0.769. The number of methoxy groups -OCH3 is 1. The number of amides is 1. The molecular weight excluding hydrogens is 321 g/mol. The molecule has 0 aliphatic carbocycles. The van der Waals surface area contributed by atoms with Gasteiger partial charge in [0.15, 0.2) is 11.5 Å². The molecule has 0 aliphatic rings. The molecule has 25 heavy (non-hydrogen) atoms. The topological polar surface area (TPSA) is 47.6 Å². The van der Waals surface area contributed by atoms with Crippen molar-refractivity contribution in [2.45, 2.75) is 33.2 Å². The van der Waals surface area contributed by atoms with Gasteiger partial charge in [-0.3, -0.25) is 4.79 Å². The fraction of sp³-hybridized carbons (Fsp3) is 0.350. The van der Waals surface area contributed by atoms with Crippen LogP contribution in [0.5, 0.6) is 11.5 Å². The van der Waals surface area contributed by atoms with Gasteiger partial charge in [0.25, 0.3) is 5.91 Å². The Morgan fingerprint density at radius 3 is 2.64 bits per heavy atom. The van der Waals surface area contributed by atoms with E-state index in [9.17, 15) is 9.18 Å². The van der Waals surface area contributed by atoms with Crippen LogP contribution < -0.4 is 14.8 Å². The van der Waals surface area contributed by atoms with Gasteiger partial charge in [-0.1, -0.05) is 19.4 Å². The zero-order valence-corrected chi connectivity index (χ0v) is 14.9. The number of ether oxygens (including phenoxy) is 2. The predicted octanol–water partition coefficient (Wildman–Crippen LogP) is 4.25. The Kier molecular flexibility index (Phi) is 6.81. The van der Waals surface area contributed by atoms with Crippen molar-refractivity contribution in [1.29, 1.82) is 0 Å². The molecule has 0 heterocycles. The largest absolute Gasteiger partial charge is 0.493 e. The second-order valence-electron chi connectivity index (χ2n) is 5.83. The van der Waals surface area contributed by atoms with Gasteiger partial charge in [-0.2, -0.15) is 0 Å². The maximum Gasteiger partial charge on any atom is 0.251 e. The van der Waals surface area contributed by atoms with E-state index in [1.54, 1.807) is 14.0 Å². The summed E-state index contributed by atoms with van der Waals surface area (Å²) in [7, 11) is 1.59. The molecule has 0 spiro atoms. The lowest BCUT2D eigenvalue weighted by Gasteiger charge is -2.12. The van der Waals surface area contributed by atoms with Crippen LogP contribution in [0.3, 0.4) is 0 Å². The number of halogens is 1. The molecule has 0 atom stereocenters. The minimum atomic E-state index is -0.319. The van der Waals surface area contributed by atoms with Gasteiger partial charge in [-0.25, -0.2) is 4.39 Å². The first-order chi connectivity index (χ1) is 12.0. The molecule has 0 fully saturated rings. The lowest BCUT2D eigenvalue weighted by atomic mass is 10.1. The van der Waals surface area contributed by atoms with Crippen LogP contribution in [0.2, 0.25) is 0 Å². The van der Waals surface area contributed by atoms with Gasteiger partial charge in [0, 0.05) is 12.1 Å². The summed E-state index contributed by atoms with van der Waals surface area (Å²) < 4.78 is 24.3. The second kappa shape index (κ2) is 9.06. The summed E-state index contributed by atoms with van der Waals surface area (Å²) in [6, 6.07) is 9.89. The normalized spacial score (nSPS) is 10.4. The number of rotatable bonds is 8. The summed E-state index contributed by atoms with van der Waals surface area (Å²) >= 11 is 0. The van der Waals surface area contributed by atoms with Crippen LogP contribution in [0.1, 0.15) is 41.3 Å². The average Bonchev–Trinajstić information content (AvgIpc) is 2.62. The molecule has 0 saturated carbocycles. The molecule has 0 unspecified atom stereocenters. The fourth-order valence-electron chi connectivity index (χ4n) is 2.34. The third-order valence-corrected chi connectivity index (χ3v) is 3.86. The number of hydrogen-bond acceptors (Lipinski definition) is 3. The van der Waals surface area contributed by atoms with Crippen molar-refractivity contribution in [1.82, 2.24) is 5.32 Å². The first kappa shape index (κ1) is 18.8. The maximum absolute atomic E-state index is 13.3. The van der Waals surface area contributed by atoms with Crippen molar-refractivity contribution >= 4 is 5.91 Å². The van der Waals surface area contributed by atoms with E-state index in [1.807, 2.05) is 18.2 Å². The molecule has 2 aromatic carbocycles. The van der Waals surface area contributed by atoms with Gasteiger partial charge in [0.1, 0.15) is 5.82 Å². The van der Waals surface area contributed by atoms with Crippen LogP contribution in [-0.2, 0) is 6.54 Å². The standard InChI is InChI=1S/C20H24FNO3/c1-4-5-10-25-18-9-6-15(12-19(18)24-3)13-22-20(23)16-7-8-17(21)14(2)11-16/h6-9,11-12H,4-5,10,13H2,1-3H3,(H,22,23). The molecule has 0 saturated heterocycles. The number of benzene rings is 2. The Balaban J connectivity index is 1.99.